The van der Waals surface area contributed by atoms with E-state index in [1.165, 1.54) is 25.9 Å². The Hall–Kier alpha value is -1.62. The molecular weight excluding hydrogens is 321 g/mol. The SMILES string of the molecule is CC1O[B-](c2ccccc2)(c2ccccc2)OC1C.CCC[NH2+]CCC. The molecule has 1 saturated heterocycles. The summed E-state index contributed by atoms with van der Waals surface area (Å²) in [6, 6.07) is 20.5. The van der Waals surface area contributed by atoms with Gasteiger partial charge in [0, 0.05) is 12.2 Å². The van der Waals surface area contributed by atoms with Crippen LogP contribution in [0.4, 0.5) is 0 Å². The summed E-state index contributed by atoms with van der Waals surface area (Å²) in [6.45, 7) is 9.61. The molecule has 0 aliphatic carbocycles. The zero-order valence-corrected chi connectivity index (χ0v) is 16.7. The van der Waals surface area contributed by atoms with Crippen LogP contribution >= 0.6 is 0 Å². The van der Waals surface area contributed by atoms with Crippen molar-refractivity contribution >= 4 is 17.5 Å². The zero-order valence-electron chi connectivity index (χ0n) is 16.7. The lowest BCUT2D eigenvalue weighted by Crippen LogP contribution is -2.84. The Morgan fingerprint density at radius 2 is 1.12 bits per heavy atom. The molecule has 0 bridgehead atoms. The maximum absolute atomic E-state index is 6.27. The summed E-state index contributed by atoms with van der Waals surface area (Å²) in [6.07, 6.45) is 2.81. The van der Waals surface area contributed by atoms with Crippen molar-refractivity contribution in [3.63, 3.8) is 0 Å². The quantitative estimate of drug-likeness (QED) is 0.638. The molecule has 2 N–H and O–H groups in total. The lowest BCUT2D eigenvalue weighted by Gasteiger charge is -2.37. The zero-order chi connectivity index (χ0) is 18.8. The van der Waals surface area contributed by atoms with Crippen LogP contribution in [0.1, 0.15) is 40.5 Å². The third-order valence-electron chi connectivity index (χ3n) is 4.94. The van der Waals surface area contributed by atoms with Gasteiger partial charge in [-0.3, -0.25) is 0 Å². The molecule has 2 aromatic carbocycles. The van der Waals surface area contributed by atoms with E-state index in [4.69, 9.17) is 9.31 Å². The van der Waals surface area contributed by atoms with Gasteiger partial charge in [-0.2, -0.15) is 0 Å². The van der Waals surface area contributed by atoms with Gasteiger partial charge in [0.15, 0.2) is 0 Å². The Morgan fingerprint density at radius 1 is 0.731 bits per heavy atom. The molecule has 0 radical (unpaired) electrons. The van der Waals surface area contributed by atoms with Crippen LogP contribution < -0.4 is 16.2 Å². The topological polar surface area (TPSA) is 35.1 Å². The Balaban J connectivity index is 0.000000298. The van der Waals surface area contributed by atoms with Crippen molar-refractivity contribution in [3.05, 3.63) is 60.7 Å². The second-order valence-corrected chi connectivity index (χ2v) is 7.08. The molecule has 3 rings (SSSR count). The number of nitrogens with two attached hydrogens (primary N) is 1. The first kappa shape index (κ1) is 20.7. The van der Waals surface area contributed by atoms with E-state index in [-0.39, 0.29) is 12.2 Å². The molecule has 2 aromatic rings. The fourth-order valence-corrected chi connectivity index (χ4v) is 3.33. The van der Waals surface area contributed by atoms with E-state index < -0.39 is 6.55 Å². The molecule has 3 nitrogen and oxygen atoms in total. The van der Waals surface area contributed by atoms with Gasteiger partial charge < -0.3 is 14.6 Å². The standard InChI is InChI=1S/C16H18BO2.C6H15N/c1-13-14(2)19-17(18-13,15-9-5-3-6-10-15)16-11-7-4-8-12-16;1-3-5-7-6-4-2/h3-14H,1-2H3;7H,3-6H2,1-2H3/q-1;/p+1. The average Bonchev–Trinajstić information content (AvgIpc) is 3.00. The van der Waals surface area contributed by atoms with Crippen molar-refractivity contribution in [2.75, 3.05) is 13.1 Å². The Bertz CT molecular complexity index is 565. The Labute approximate surface area is 159 Å². The van der Waals surface area contributed by atoms with Gasteiger partial charge in [0.1, 0.15) is 0 Å². The fourth-order valence-electron chi connectivity index (χ4n) is 3.33. The van der Waals surface area contributed by atoms with Gasteiger partial charge in [-0.05, 0) is 26.7 Å². The van der Waals surface area contributed by atoms with Crippen molar-refractivity contribution < 1.29 is 14.6 Å². The highest BCUT2D eigenvalue weighted by Crippen LogP contribution is 2.24. The van der Waals surface area contributed by atoms with Gasteiger partial charge >= 0.3 is 0 Å². The summed E-state index contributed by atoms with van der Waals surface area (Å²) in [4.78, 5) is 0. The van der Waals surface area contributed by atoms with Crippen molar-refractivity contribution in [1.82, 2.24) is 0 Å². The van der Waals surface area contributed by atoms with Gasteiger partial charge in [0.05, 0.1) is 13.1 Å². The largest absolute Gasteiger partial charge is 0.557 e. The smallest absolute Gasteiger partial charge is 0.299 e. The molecule has 0 spiro atoms. The molecule has 4 heteroatoms. The van der Waals surface area contributed by atoms with Crippen LogP contribution in [0.15, 0.2) is 60.7 Å². The van der Waals surface area contributed by atoms with E-state index in [2.05, 4.69) is 57.3 Å². The summed E-state index contributed by atoms with van der Waals surface area (Å²) in [5.41, 5.74) is 2.20. The molecule has 0 aromatic heterocycles. The predicted molar refractivity (Wildman–Crippen MR) is 111 cm³/mol. The summed E-state index contributed by atoms with van der Waals surface area (Å²) < 4.78 is 12.5. The van der Waals surface area contributed by atoms with Crippen LogP contribution in [0.3, 0.4) is 0 Å². The van der Waals surface area contributed by atoms with Gasteiger partial charge in [-0.25, -0.2) is 0 Å². The molecule has 26 heavy (non-hydrogen) atoms. The molecule has 2 atom stereocenters. The van der Waals surface area contributed by atoms with Gasteiger partial charge in [-0.15, -0.1) is 10.9 Å². The Kier molecular flexibility index (Phi) is 8.37. The van der Waals surface area contributed by atoms with Crippen LogP contribution in [0.5, 0.6) is 0 Å². The number of hydrogen-bond acceptors (Lipinski definition) is 2. The van der Waals surface area contributed by atoms with Crippen molar-refractivity contribution in [3.8, 4) is 0 Å². The number of quaternary nitrogens is 1. The number of rotatable bonds is 6. The third kappa shape index (κ3) is 5.20. The molecular formula is C22H34BNO2. The van der Waals surface area contributed by atoms with Gasteiger partial charge in [-0.1, -0.05) is 74.5 Å². The van der Waals surface area contributed by atoms with Crippen LogP contribution in [-0.2, 0) is 9.31 Å². The molecule has 1 heterocycles. The van der Waals surface area contributed by atoms with Gasteiger partial charge in [0.2, 0.25) is 0 Å². The maximum atomic E-state index is 6.27. The lowest BCUT2D eigenvalue weighted by atomic mass is 9.46. The molecule has 1 aliphatic rings. The first-order valence-corrected chi connectivity index (χ1v) is 10.1. The summed E-state index contributed by atoms with van der Waals surface area (Å²) in [7, 11) is 0. The van der Waals surface area contributed by atoms with Gasteiger partial charge in [0.25, 0.3) is 6.55 Å². The molecule has 1 aliphatic heterocycles. The maximum Gasteiger partial charge on any atom is 0.299 e. The highest BCUT2D eigenvalue weighted by molar-refractivity contribution is 6.93. The minimum Gasteiger partial charge on any atom is -0.557 e. The first-order chi connectivity index (χ1) is 12.6. The van der Waals surface area contributed by atoms with E-state index in [9.17, 15) is 0 Å². The molecule has 0 amide bonds. The van der Waals surface area contributed by atoms with Crippen LogP contribution in [-0.4, -0.2) is 31.8 Å². The van der Waals surface area contributed by atoms with Crippen molar-refractivity contribution in [2.24, 2.45) is 0 Å². The van der Waals surface area contributed by atoms with Crippen LogP contribution in [0.2, 0.25) is 0 Å². The monoisotopic (exact) mass is 355 g/mol. The van der Waals surface area contributed by atoms with E-state index >= 15 is 0 Å². The average molecular weight is 355 g/mol. The third-order valence-corrected chi connectivity index (χ3v) is 4.94. The minimum absolute atomic E-state index is 0.0976. The lowest BCUT2D eigenvalue weighted by molar-refractivity contribution is -0.654. The first-order valence-electron chi connectivity index (χ1n) is 10.1. The highest BCUT2D eigenvalue weighted by Gasteiger charge is 2.40. The summed E-state index contributed by atoms with van der Waals surface area (Å²) in [5.74, 6) is 0. The van der Waals surface area contributed by atoms with E-state index in [1.54, 1.807) is 0 Å². The van der Waals surface area contributed by atoms with E-state index in [0.29, 0.717) is 0 Å². The molecule has 0 saturated carbocycles. The van der Waals surface area contributed by atoms with Crippen molar-refractivity contribution in [2.45, 2.75) is 52.7 Å². The number of benzene rings is 2. The van der Waals surface area contributed by atoms with Crippen LogP contribution in [0, 0.1) is 0 Å². The predicted octanol–water partition coefficient (Wildman–Crippen LogP) is 2.44. The Morgan fingerprint density at radius 3 is 1.46 bits per heavy atom. The second-order valence-electron chi connectivity index (χ2n) is 7.08. The van der Waals surface area contributed by atoms with Crippen LogP contribution in [0.25, 0.3) is 0 Å². The second kappa shape index (κ2) is 10.5. The normalized spacial score (nSPS) is 21.1. The molecule has 2 unspecified atom stereocenters. The van der Waals surface area contributed by atoms with E-state index in [0.717, 1.165) is 10.9 Å². The van der Waals surface area contributed by atoms with Crippen molar-refractivity contribution in [1.29, 1.82) is 0 Å². The summed E-state index contributed by atoms with van der Waals surface area (Å²) in [5, 5.41) is 2.36. The molecule has 142 valence electrons. The minimum atomic E-state index is -1.56. The highest BCUT2D eigenvalue weighted by atomic mass is 16.7. The summed E-state index contributed by atoms with van der Waals surface area (Å²) >= 11 is 0. The fraction of sp³-hybridized carbons (Fsp3) is 0.455. The van der Waals surface area contributed by atoms with E-state index in [1.807, 2.05) is 36.4 Å². The number of hydrogen-bond donors (Lipinski definition) is 1. The molecule has 1 fully saturated rings.